The summed E-state index contributed by atoms with van der Waals surface area (Å²) in [4.78, 5) is 22.8. The first-order chi connectivity index (χ1) is 9.56. The monoisotopic (exact) mass is 274 g/mol. The molecule has 0 radical (unpaired) electrons. The van der Waals surface area contributed by atoms with Gasteiger partial charge in [-0.1, -0.05) is 11.6 Å². The van der Waals surface area contributed by atoms with Gasteiger partial charge in [-0.3, -0.25) is 0 Å². The van der Waals surface area contributed by atoms with Crippen LogP contribution in [0.1, 0.15) is 21.7 Å². The van der Waals surface area contributed by atoms with E-state index in [-0.39, 0.29) is 17.8 Å². The normalized spacial score (nSPS) is 10.1. The standard InChI is InChI=1S/C14H14N2O4/c1-9-4-5-12(11(7-9)13(17)18)16-14(19)15-8-10-3-2-6-20-10/h2-7H,8H2,1H3,(H,17,18)(H2,15,16,19). The van der Waals surface area contributed by atoms with Crippen LogP contribution in [-0.2, 0) is 6.54 Å². The minimum absolute atomic E-state index is 0.0538. The molecule has 2 aromatic rings. The number of carbonyl (C=O) groups is 2. The van der Waals surface area contributed by atoms with E-state index in [9.17, 15) is 9.59 Å². The van der Waals surface area contributed by atoms with Crippen LogP contribution < -0.4 is 10.6 Å². The van der Waals surface area contributed by atoms with Gasteiger partial charge in [0.05, 0.1) is 24.1 Å². The van der Waals surface area contributed by atoms with Crippen LogP contribution >= 0.6 is 0 Å². The van der Waals surface area contributed by atoms with Crippen molar-refractivity contribution in [2.24, 2.45) is 0 Å². The fourth-order valence-electron chi connectivity index (χ4n) is 1.69. The van der Waals surface area contributed by atoms with Crippen LogP contribution in [-0.4, -0.2) is 17.1 Å². The van der Waals surface area contributed by atoms with E-state index in [1.54, 1.807) is 31.2 Å². The predicted octanol–water partition coefficient (Wildman–Crippen LogP) is 2.61. The van der Waals surface area contributed by atoms with Crippen LogP contribution in [0.4, 0.5) is 10.5 Å². The van der Waals surface area contributed by atoms with Crippen LogP contribution in [0.3, 0.4) is 0 Å². The van der Waals surface area contributed by atoms with Gasteiger partial charge >= 0.3 is 12.0 Å². The SMILES string of the molecule is Cc1ccc(NC(=O)NCc2ccco2)c(C(=O)O)c1. The van der Waals surface area contributed by atoms with E-state index in [0.29, 0.717) is 5.76 Å². The van der Waals surface area contributed by atoms with Crippen LogP contribution in [0, 0.1) is 6.92 Å². The average Bonchev–Trinajstić information content (AvgIpc) is 2.91. The lowest BCUT2D eigenvalue weighted by atomic mass is 10.1. The number of carboxylic acid groups (broad SMARTS) is 1. The molecular formula is C14H14N2O4. The van der Waals surface area contributed by atoms with E-state index < -0.39 is 12.0 Å². The predicted molar refractivity (Wildman–Crippen MR) is 72.7 cm³/mol. The van der Waals surface area contributed by atoms with Crippen LogP contribution in [0.2, 0.25) is 0 Å². The molecule has 0 aliphatic carbocycles. The maximum atomic E-state index is 11.7. The molecule has 0 unspecified atom stereocenters. The Labute approximate surface area is 115 Å². The number of amides is 2. The zero-order valence-corrected chi connectivity index (χ0v) is 10.8. The number of hydrogen-bond acceptors (Lipinski definition) is 3. The Kier molecular flexibility index (Phi) is 4.05. The van der Waals surface area contributed by atoms with Crippen molar-refractivity contribution in [3.63, 3.8) is 0 Å². The van der Waals surface area contributed by atoms with Gasteiger partial charge in [-0.2, -0.15) is 0 Å². The van der Waals surface area contributed by atoms with E-state index in [1.807, 2.05) is 0 Å². The topological polar surface area (TPSA) is 91.6 Å². The fourth-order valence-corrected chi connectivity index (χ4v) is 1.69. The third kappa shape index (κ3) is 3.38. The highest BCUT2D eigenvalue weighted by molar-refractivity contribution is 6.00. The molecule has 1 aromatic carbocycles. The molecule has 0 saturated carbocycles. The molecule has 0 fully saturated rings. The van der Waals surface area contributed by atoms with Gasteiger partial charge in [-0.25, -0.2) is 9.59 Å². The van der Waals surface area contributed by atoms with Crippen molar-refractivity contribution in [1.29, 1.82) is 0 Å². The van der Waals surface area contributed by atoms with Crippen LogP contribution in [0.25, 0.3) is 0 Å². The fraction of sp³-hybridized carbons (Fsp3) is 0.143. The number of carbonyl (C=O) groups excluding carboxylic acids is 1. The molecule has 1 heterocycles. The number of rotatable bonds is 4. The smallest absolute Gasteiger partial charge is 0.337 e. The Morgan fingerprint density at radius 2 is 2.10 bits per heavy atom. The van der Waals surface area contributed by atoms with Crippen molar-refractivity contribution in [3.05, 3.63) is 53.5 Å². The quantitative estimate of drug-likeness (QED) is 0.799. The van der Waals surface area contributed by atoms with Gasteiger partial charge in [-0.15, -0.1) is 0 Å². The number of aryl methyl sites for hydroxylation is 1. The Hall–Kier alpha value is -2.76. The molecule has 6 nitrogen and oxygen atoms in total. The highest BCUT2D eigenvalue weighted by Crippen LogP contribution is 2.17. The number of hydrogen-bond donors (Lipinski definition) is 3. The summed E-state index contributed by atoms with van der Waals surface area (Å²) in [6, 6.07) is 7.75. The van der Waals surface area contributed by atoms with Crippen molar-refractivity contribution in [2.75, 3.05) is 5.32 Å². The van der Waals surface area contributed by atoms with Gasteiger partial charge in [-0.05, 0) is 31.2 Å². The van der Waals surface area contributed by atoms with E-state index in [1.165, 1.54) is 12.3 Å². The average molecular weight is 274 g/mol. The summed E-state index contributed by atoms with van der Waals surface area (Å²) in [6.45, 7) is 2.01. The largest absolute Gasteiger partial charge is 0.478 e. The zero-order chi connectivity index (χ0) is 14.5. The lowest BCUT2D eigenvalue weighted by molar-refractivity contribution is 0.0698. The van der Waals surface area contributed by atoms with Gasteiger partial charge in [0, 0.05) is 0 Å². The Morgan fingerprint density at radius 3 is 2.75 bits per heavy atom. The molecule has 2 amide bonds. The number of benzene rings is 1. The third-order valence-electron chi connectivity index (χ3n) is 2.66. The van der Waals surface area contributed by atoms with Crippen molar-refractivity contribution >= 4 is 17.7 Å². The number of urea groups is 1. The summed E-state index contributed by atoms with van der Waals surface area (Å²) in [7, 11) is 0. The Morgan fingerprint density at radius 1 is 1.30 bits per heavy atom. The summed E-state index contributed by atoms with van der Waals surface area (Å²) in [5.41, 5.74) is 1.11. The molecule has 20 heavy (non-hydrogen) atoms. The maximum Gasteiger partial charge on any atom is 0.337 e. The van der Waals surface area contributed by atoms with Crippen molar-refractivity contribution < 1.29 is 19.1 Å². The highest BCUT2D eigenvalue weighted by Gasteiger charge is 2.12. The lowest BCUT2D eigenvalue weighted by Crippen LogP contribution is -2.28. The first-order valence-corrected chi connectivity index (χ1v) is 5.97. The second kappa shape index (κ2) is 5.92. The van der Waals surface area contributed by atoms with Crippen LogP contribution in [0.15, 0.2) is 41.0 Å². The first kappa shape index (κ1) is 13.7. The molecule has 2 rings (SSSR count). The highest BCUT2D eigenvalue weighted by atomic mass is 16.4. The van der Waals surface area contributed by atoms with Crippen molar-refractivity contribution in [3.8, 4) is 0 Å². The second-order valence-corrected chi connectivity index (χ2v) is 4.24. The van der Waals surface area contributed by atoms with Gasteiger partial charge in [0.1, 0.15) is 5.76 Å². The van der Waals surface area contributed by atoms with Crippen molar-refractivity contribution in [2.45, 2.75) is 13.5 Å². The maximum absolute atomic E-state index is 11.7. The Balaban J connectivity index is 2.02. The first-order valence-electron chi connectivity index (χ1n) is 5.97. The molecule has 0 aliphatic rings. The van der Waals surface area contributed by atoms with E-state index in [4.69, 9.17) is 9.52 Å². The molecule has 0 atom stereocenters. The summed E-state index contributed by atoms with van der Waals surface area (Å²) in [5, 5.41) is 14.2. The molecule has 0 aliphatic heterocycles. The summed E-state index contributed by atoms with van der Waals surface area (Å²) >= 11 is 0. The molecule has 0 spiro atoms. The summed E-state index contributed by atoms with van der Waals surface area (Å²) in [5.74, 6) is -0.474. The molecule has 104 valence electrons. The van der Waals surface area contributed by atoms with Gasteiger partial charge < -0.3 is 20.2 Å². The van der Waals surface area contributed by atoms with E-state index >= 15 is 0 Å². The van der Waals surface area contributed by atoms with E-state index in [2.05, 4.69) is 10.6 Å². The third-order valence-corrected chi connectivity index (χ3v) is 2.66. The minimum atomic E-state index is -1.09. The number of nitrogens with one attached hydrogen (secondary N) is 2. The molecule has 0 bridgehead atoms. The molecule has 1 aromatic heterocycles. The Bertz CT molecular complexity index is 620. The second-order valence-electron chi connectivity index (χ2n) is 4.24. The molecule has 3 N–H and O–H groups in total. The van der Waals surface area contributed by atoms with Crippen molar-refractivity contribution in [1.82, 2.24) is 5.32 Å². The molecular weight excluding hydrogens is 260 g/mol. The molecule has 0 saturated heterocycles. The number of anilines is 1. The minimum Gasteiger partial charge on any atom is -0.478 e. The number of aromatic carboxylic acids is 1. The van der Waals surface area contributed by atoms with Gasteiger partial charge in [0.2, 0.25) is 0 Å². The van der Waals surface area contributed by atoms with Crippen LogP contribution in [0.5, 0.6) is 0 Å². The molecule has 6 heteroatoms. The summed E-state index contributed by atoms with van der Waals surface area (Å²) < 4.78 is 5.08. The summed E-state index contributed by atoms with van der Waals surface area (Å²) in [6.07, 6.45) is 1.51. The number of carboxylic acids is 1. The van der Waals surface area contributed by atoms with E-state index in [0.717, 1.165) is 5.56 Å². The van der Waals surface area contributed by atoms with Gasteiger partial charge in [0.15, 0.2) is 0 Å². The zero-order valence-electron chi connectivity index (χ0n) is 10.8. The van der Waals surface area contributed by atoms with Gasteiger partial charge in [0.25, 0.3) is 0 Å². The lowest BCUT2D eigenvalue weighted by Gasteiger charge is -2.10. The number of furan rings is 1.